The van der Waals surface area contributed by atoms with Crippen molar-refractivity contribution >= 4 is 11.6 Å². The summed E-state index contributed by atoms with van der Waals surface area (Å²) < 4.78 is 0.979. The Morgan fingerprint density at radius 3 is 2.43 bits per heavy atom. The smallest absolute Gasteiger partial charge is 0.279 e. The molecule has 3 aliphatic heterocycles. The molecule has 116 valence electrons. The number of hydrogen-bond acceptors (Lipinski definition) is 2. The highest BCUT2D eigenvalue weighted by molar-refractivity contribution is 5.92. The van der Waals surface area contributed by atoms with Crippen LogP contribution >= 0.6 is 0 Å². The van der Waals surface area contributed by atoms with Crippen molar-refractivity contribution in [3.05, 3.63) is 29.3 Å². The average molecular weight is 310 g/mol. The predicted molar refractivity (Wildman–Crippen MR) is 80.7 cm³/mol. The third kappa shape index (κ3) is 3.39. The molecule has 0 aromatic heterocycles. The molecule has 3 saturated heterocycles. The zero-order valence-electron chi connectivity index (χ0n) is 12.9. The maximum Gasteiger partial charge on any atom is 0.279 e. The molecule has 0 spiro atoms. The third-order valence-corrected chi connectivity index (χ3v) is 5.03. The minimum atomic E-state index is 0. The lowest BCUT2D eigenvalue weighted by molar-refractivity contribution is -0.933. The van der Waals surface area contributed by atoms with Gasteiger partial charge in [-0.25, -0.2) is 0 Å². The number of nitrogens with one attached hydrogen (secondary N) is 1. The van der Waals surface area contributed by atoms with E-state index in [1.807, 2.05) is 12.1 Å². The SMILES string of the molecule is Cc1cccc(NC(=O)C[N+]23CCN(CC2)CC3)c1C.[Cl-]. The number of carbonyl (C=O) groups excluding carboxylic acids is 1. The minimum absolute atomic E-state index is 0. The number of quaternary nitrogens is 1. The van der Waals surface area contributed by atoms with Gasteiger partial charge >= 0.3 is 0 Å². The first-order valence-electron chi connectivity index (χ1n) is 7.52. The number of aryl methyl sites for hydroxylation is 1. The van der Waals surface area contributed by atoms with Gasteiger partial charge in [0.05, 0.1) is 19.6 Å². The first-order chi connectivity index (χ1) is 9.58. The van der Waals surface area contributed by atoms with Gasteiger partial charge in [-0.15, -0.1) is 0 Å². The van der Waals surface area contributed by atoms with Crippen LogP contribution in [0.15, 0.2) is 18.2 Å². The molecule has 4 nitrogen and oxygen atoms in total. The summed E-state index contributed by atoms with van der Waals surface area (Å²) >= 11 is 0. The molecule has 0 saturated carbocycles. The van der Waals surface area contributed by atoms with Gasteiger partial charge in [0, 0.05) is 25.3 Å². The van der Waals surface area contributed by atoms with Gasteiger partial charge in [0.1, 0.15) is 0 Å². The van der Waals surface area contributed by atoms with Crippen LogP contribution in [0.2, 0.25) is 0 Å². The summed E-state index contributed by atoms with van der Waals surface area (Å²) in [5.74, 6) is 0.161. The van der Waals surface area contributed by atoms with Gasteiger partial charge in [-0.1, -0.05) is 12.1 Å². The second-order valence-electron chi connectivity index (χ2n) is 6.31. The quantitative estimate of drug-likeness (QED) is 0.682. The van der Waals surface area contributed by atoms with Crippen molar-refractivity contribution in [2.24, 2.45) is 0 Å². The number of nitrogens with zero attached hydrogens (tertiary/aromatic N) is 2. The van der Waals surface area contributed by atoms with Gasteiger partial charge in [0.15, 0.2) is 6.54 Å². The van der Waals surface area contributed by atoms with Crippen molar-refractivity contribution in [3.63, 3.8) is 0 Å². The van der Waals surface area contributed by atoms with Crippen molar-refractivity contribution in [2.45, 2.75) is 13.8 Å². The molecule has 0 atom stereocenters. The number of hydrogen-bond donors (Lipinski definition) is 1. The Morgan fingerprint density at radius 1 is 1.19 bits per heavy atom. The van der Waals surface area contributed by atoms with E-state index in [0.29, 0.717) is 6.54 Å². The van der Waals surface area contributed by atoms with Crippen LogP contribution in [0.25, 0.3) is 0 Å². The fourth-order valence-electron chi connectivity index (χ4n) is 3.35. The predicted octanol–water partition coefficient (Wildman–Crippen LogP) is -1.61. The molecule has 0 unspecified atom stereocenters. The Bertz CT molecular complexity index is 510. The van der Waals surface area contributed by atoms with Crippen LogP contribution in [0.3, 0.4) is 0 Å². The lowest BCUT2D eigenvalue weighted by Gasteiger charge is -2.50. The van der Waals surface area contributed by atoms with E-state index in [-0.39, 0.29) is 18.3 Å². The van der Waals surface area contributed by atoms with Crippen LogP contribution in [-0.2, 0) is 4.79 Å². The monoisotopic (exact) mass is 309 g/mol. The van der Waals surface area contributed by atoms with Crippen LogP contribution in [-0.4, -0.2) is 61.1 Å². The molecule has 3 aliphatic rings. The van der Waals surface area contributed by atoms with E-state index in [9.17, 15) is 4.79 Å². The average Bonchev–Trinajstić information content (AvgIpc) is 2.45. The molecule has 3 fully saturated rings. The molecule has 1 N–H and O–H groups in total. The highest BCUT2D eigenvalue weighted by atomic mass is 35.5. The van der Waals surface area contributed by atoms with Crippen LogP contribution in [0.4, 0.5) is 5.69 Å². The first-order valence-corrected chi connectivity index (χ1v) is 7.52. The Morgan fingerprint density at radius 2 is 1.81 bits per heavy atom. The van der Waals surface area contributed by atoms with E-state index in [1.165, 1.54) is 11.1 Å². The number of carbonyl (C=O) groups is 1. The number of anilines is 1. The van der Waals surface area contributed by atoms with E-state index in [1.54, 1.807) is 0 Å². The standard InChI is InChI=1S/C16H23N3O.ClH/c1-13-4-3-5-15(14(13)2)17-16(20)12-19-9-6-18(7-10-19)8-11-19;/h3-5H,6-12H2,1-2H3;1H. The van der Waals surface area contributed by atoms with Crippen molar-refractivity contribution in [1.82, 2.24) is 4.90 Å². The van der Waals surface area contributed by atoms with Gasteiger partial charge in [-0.05, 0) is 31.0 Å². The summed E-state index contributed by atoms with van der Waals surface area (Å²) in [6, 6.07) is 6.08. The van der Waals surface area contributed by atoms with Crippen molar-refractivity contribution in [2.75, 3.05) is 51.1 Å². The Kier molecular flexibility index (Phi) is 4.91. The van der Waals surface area contributed by atoms with Crippen LogP contribution < -0.4 is 17.7 Å². The summed E-state index contributed by atoms with van der Waals surface area (Å²) in [4.78, 5) is 14.9. The number of rotatable bonds is 3. The second kappa shape index (κ2) is 6.34. The number of fused-ring (bicyclic) bond motifs is 3. The second-order valence-corrected chi connectivity index (χ2v) is 6.31. The maximum absolute atomic E-state index is 12.4. The third-order valence-electron chi connectivity index (χ3n) is 5.03. The topological polar surface area (TPSA) is 32.3 Å². The number of benzene rings is 1. The molecule has 5 heteroatoms. The van der Waals surface area contributed by atoms with Crippen molar-refractivity contribution < 1.29 is 21.7 Å². The Hall–Kier alpha value is -1.10. The van der Waals surface area contributed by atoms with Crippen LogP contribution in [0.5, 0.6) is 0 Å². The van der Waals surface area contributed by atoms with Crippen molar-refractivity contribution in [3.8, 4) is 0 Å². The molecule has 21 heavy (non-hydrogen) atoms. The summed E-state index contributed by atoms with van der Waals surface area (Å²) in [5.41, 5.74) is 3.36. The zero-order valence-corrected chi connectivity index (χ0v) is 13.6. The Labute approximate surface area is 133 Å². The maximum atomic E-state index is 12.4. The van der Waals surface area contributed by atoms with Crippen LogP contribution in [0, 0.1) is 13.8 Å². The molecule has 1 aromatic rings. The lowest BCUT2D eigenvalue weighted by atomic mass is 10.1. The summed E-state index contributed by atoms with van der Waals surface area (Å²) in [5, 5.41) is 3.11. The lowest BCUT2D eigenvalue weighted by Crippen LogP contribution is -3.00. The van der Waals surface area contributed by atoms with Gasteiger partial charge in [0.25, 0.3) is 5.91 Å². The van der Waals surface area contributed by atoms with Gasteiger partial charge in [-0.2, -0.15) is 0 Å². The molecule has 2 bridgehead atoms. The minimum Gasteiger partial charge on any atom is -1.00 e. The molecule has 0 aliphatic carbocycles. The van der Waals surface area contributed by atoms with Gasteiger partial charge in [0.2, 0.25) is 0 Å². The first kappa shape index (κ1) is 16.3. The van der Waals surface area contributed by atoms with E-state index in [4.69, 9.17) is 0 Å². The number of amides is 1. The number of halogens is 1. The number of piperazine rings is 3. The normalized spacial score (nSPS) is 27.0. The Balaban J connectivity index is 0.00000161. The summed E-state index contributed by atoms with van der Waals surface area (Å²) in [7, 11) is 0. The van der Waals surface area contributed by atoms with Gasteiger partial charge < -0.3 is 22.2 Å². The largest absolute Gasteiger partial charge is 1.00 e. The highest BCUT2D eigenvalue weighted by Gasteiger charge is 2.39. The van der Waals surface area contributed by atoms with Crippen molar-refractivity contribution in [1.29, 1.82) is 0 Å². The van der Waals surface area contributed by atoms with E-state index in [2.05, 4.69) is 30.1 Å². The summed E-state index contributed by atoms with van der Waals surface area (Å²) in [6.07, 6.45) is 0. The molecular weight excluding hydrogens is 286 g/mol. The molecule has 0 radical (unpaired) electrons. The van der Waals surface area contributed by atoms with E-state index >= 15 is 0 Å². The molecule has 3 heterocycles. The van der Waals surface area contributed by atoms with Gasteiger partial charge in [-0.3, -0.25) is 9.69 Å². The molecule has 1 amide bonds. The fraction of sp³-hybridized carbons (Fsp3) is 0.562. The van der Waals surface area contributed by atoms with E-state index < -0.39 is 0 Å². The fourth-order valence-corrected chi connectivity index (χ4v) is 3.35. The van der Waals surface area contributed by atoms with E-state index in [0.717, 1.165) is 49.4 Å². The molecule has 1 aromatic carbocycles. The van der Waals surface area contributed by atoms with Crippen LogP contribution in [0.1, 0.15) is 11.1 Å². The summed E-state index contributed by atoms with van der Waals surface area (Å²) in [6.45, 7) is 11.6. The molecule has 4 rings (SSSR count). The molecular formula is C16H24ClN3O. The highest BCUT2D eigenvalue weighted by Crippen LogP contribution is 2.21. The zero-order chi connectivity index (χ0) is 14.2.